The molecule has 136 valence electrons. The van der Waals surface area contributed by atoms with E-state index in [1.165, 1.54) is 11.1 Å². The number of rotatable bonds is 9. The maximum absolute atomic E-state index is 4.31. The number of hydrogen-bond acceptors (Lipinski definition) is 1. The molecule has 1 heteroatoms. The van der Waals surface area contributed by atoms with E-state index >= 15 is 0 Å². The summed E-state index contributed by atoms with van der Waals surface area (Å²) in [6, 6.07) is 0. The molecule has 1 nitrogen and oxygen atoms in total. The predicted octanol–water partition coefficient (Wildman–Crippen LogP) is 7.70. The Bertz CT molecular complexity index is 573. The lowest BCUT2D eigenvalue weighted by molar-refractivity contribution is 1.19. The third-order valence-corrected chi connectivity index (χ3v) is 2.99. The van der Waals surface area contributed by atoms with E-state index in [0.717, 1.165) is 12.0 Å². The van der Waals surface area contributed by atoms with Crippen LogP contribution in [0.1, 0.15) is 48.0 Å². The fraction of sp³-hybridized carbons (Fsp3) is 0.292. The molecule has 0 aromatic carbocycles. The lowest BCUT2D eigenvalue weighted by atomic mass is 10.0. The average molecular weight is 338 g/mol. The van der Waals surface area contributed by atoms with Gasteiger partial charge in [-0.1, -0.05) is 88.1 Å². The topological polar surface area (TPSA) is 12.4 Å². The van der Waals surface area contributed by atoms with Crippen molar-refractivity contribution >= 4 is 6.21 Å². The van der Waals surface area contributed by atoms with E-state index < -0.39 is 0 Å². The van der Waals surface area contributed by atoms with Crippen LogP contribution >= 0.6 is 0 Å². The third kappa shape index (κ3) is 14.9. The minimum Gasteiger partial charge on any atom is -0.264 e. The highest BCUT2D eigenvalue weighted by atomic mass is 14.7. The van der Waals surface area contributed by atoms with Gasteiger partial charge in [0, 0.05) is 12.4 Å². The van der Waals surface area contributed by atoms with Gasteiger partial charge in [0.2, 0.25) is 0 Å². The fourth-order valence-corrected chi connectivity index (χ4v) is 1.70. The molecule has 0 aromatic rings. The summed E-state index contributed by atoms with van der Waals surface area (Å²) in [5, 5.41) is 0. The zero-order valence-corrected chi connectivity index (χ0v) is 16.9. The van der Waals surface area contributed by atoms with E-state index in [2.05, 4.69) is 56.6 Å². The molecule has 0 unspecified atom stereocenters. The van der Waals surface area contributed by atoms with Gasteiger partial charge in [0.05, 0.1) is 0 Å². The summed E-state index contributed by atoms with van der Waals surface area (Å²) in [7, 11) is 0. The second-order valence-corrected chi connectivity index (χ2v) is 4.81. The zero-order valence-electron chi connectivity index (χ0n) is 16.9. The first-order valence-electron chi connectivity index (χ1n) is 9.01. The second kappa shape index (κ2) is 19.6. The van der Waals surface area contributed by atoms with Crippen molar-refractivity contribution in [3.63, 3.8) is 0 Å². The van der Waals surface area contributed by atoms with Gasteiger partial charge in [0.15, 0.2) is 0 Å². The van der Waals surface area contributed by atoms with Crippen molar-refractivity contribution < 1.29 is 0 Å². The van der Waals surface area contributed by atoms with Crippen LogP contribution in [0, 0.1) is 0 Å². The summed E-state index contributed by atoms with van der Waals surface area (Å²) in [5.74, 6) is 0. The van der Waals surface area contributed by atoms with Crippen LogP contribution in [0.4, 0.5) is 0 Å². The van der Waals surface area contributed by atoms with Crippen molar-refractivity contribution in [2.75, 3.05) is 0 Å². The van der Waals surface area contributed by atoms with Crippen LogP contribution in [0.15, 0.2) is 101 Å². The lowest BCUT2D eigenvalue weighted by Gasteiger charge is -2.01. The van der Waals surface area contributed by atoms with Gasteiger partial charge in [0.25, 0.3) is 0 Å². The molecular formula is C24H35N. The highest BCUT2D eigenvalue weighted by Gasteiger charge is 1.94. The minimum atomic E-state index is 1.02. The molecule has 0 saturated carbocycles. The fourth-order valence-electron chi connectivity index (χ4n) is 1.70. The van der Waals surface area contributed by atoms with Crippen LogP contribution in [0.25, 0.3) is 0 Å². The number of hydrogen-bond donors (Lipinski definition) is 0. The van der Waals surface area contributed by atoms with Gasteiger partial charge in [0.1, 0.15) is 0 Å². The van der Waals surface area contributed by atoms with E-state index in [9.17, 15) is 0 Å². The van der Waals surface area contributed by atoms with E-state index in [1.54, 1.807) is 12.3 Å². The number of nitrogens with zero attached hydrogens (tertiary/aromatic N) is 1. The van der Waals surface area contributed by atoms with Gasteiger partial charge >= 0.3 is 0 Å². The number of aliphatic imine (C=N–C) groups is 1. The Morgan fingerprint density at radius 3 is 2.20 bits per heavy atom. The molecule has 0 fully saturated rings. The van der Waals surface area contributed by atoms with E-state index in [1.807, 2.05) is 63.4 Å². The minimum absolute atomic E-state index is 1.02. The van der Waals surface area contributed by atoms with Crippen LogP contribution in [0.2, 0.25) is 0 Å². The van der Waals surface area contributed by atoms with Crippen molar-refractivity contribution in [1.29, 1.82) is 0 Å². The monoisotopic (exact) mass is 337 g/mol. The van der Waals surface area contributed by atoms with Crippen molar-refractivity contribution in [2.24, 2.45) is 4.99 Å². The van der Waals surface area contributed by atoms with Crippen molar-refractivity contribution in [3.8, 4) is 0 Å². The van der Waals surface area contributed by atoms with Gasteiger partial charge in [-0.05, 0) is 50.0 Å². The van der Waals surface area contributed by atoms with Gasteiger partial charge in [-0.3, -0.25) is 4.99 Å². The number of allylic oxidation sites excluding steroid dienone is 14. The smallest absolute Gasteiger partial charge is 0.0340 e. The van der Waals surface area contributed by atoms with Crippen LogP contribution in [0.5, 0.6) is 0 Å². The second-order valence-electron chi connectivity index (χ2n) is 4.81. The molecule has 0 bridgehead atoms. The van der Waals surface area contributed by atoms with Crippen molar-refractivity contribution in [3.05, 3.63) is 96.3 Å². The Morgan fingerprint density at radius 2 is 1.64 bits per heavy atom. The molecular weight excluding hydrogens is 302 g/mol. The Labute approximate surface area is 156 Å². The average Bonchev–Trinajstić information content (AvgIpc) is 2.65. The highest BCUT2D eigenvalue weighted by molar-refractivity contribution is 5.72. The zero-order chi connectivity index (χ0) is 19.3. The molecule has 0 aliphatic carbocycles. The molecule has 0 aliphatic heterocycles. The Hall–Kier alpha value is -2.41. The summed E-state index contributed by atoms with van der Waals surface area (Å²) >= 11 is 0. The van der Waals surface area contributed by atoms with E-state index in [-0.39, 0.29) is 0 Å². The van der Waals surface area contributed by atoms with Crippen molar-refractivity contribution in [2.45, 2.75) is 48.0 Å². The Balaban J connectivity index is 0. The van der Waals surface area contributed by atoms with E-state index in [0.29, 0.717) is 0 Å². The molecule has 0 radical (unpaired) electrons. The highest BCUT2D eigenvalue weighted by Crippen LogP contribution is 2.13. The summed E-state index contributed by atoms with van der Waals surface area (Å²) < 4.78 is 0. The molecule has 0 rings (SSSR count). The quantitative estimate of drug-likeness (QED) is 0.302. The van der Waals surface area contributed by atoms with Gasteiger partial charge < -0.3 is 0 Å². The Kier molecular flexibility index (Phi) is 19.5. The first kappa shape index (κ1) is 24.8. The molecule has 0 atom stereocenters. The van der Waals surface area contributed by atoms with Crippen molar-refractivity contribution in [1.82, 2.24) is 0 Å². The summed E-state index contributed by atoms with van der Waals surface area (Å²) in [6.45, 7) is 16.0. The molecule has 0 N–H and O–H groups in total. The molecule has 0 spiro atoms. The molecule has 0 amide bonds. The Morgan fingerprint density at radius 1 is 0.960 bits per heavy atom. The van der Waals surface area contributed by atoms with Gasteiger partial charge in [-0.15, -0.1) is 0 Å². The SMILES string of the molecule is C=C\C=C/C=C/C=N/C=C(\C=C/C)/C=C/C(=C/CC)C(/C)=C\C.CC. The van der Waals surface area contributed by atoms with E-state index in [4.69, 9.17) is 0 Å². The largest absolute Gasteiger partial charge is 0.264 e. The summed E-state index contributed by atoms with van der Waals surface area (Å²) in [5.41, 5.74) is 3.59. The van der Waals surface area contributed by atoms with Gasteiger partial charge in [-0.2, -0.15) is 0 Å². The van der Waals surface area contributed by atoms with Crippen LogP contribution in [-0.2, 0) is 0 Å². The first-order chi connectivity index (χ1) is 12.2. The first-order valence-corrected chi connectivity index (χ1v) is 9.01. The summed E-state index contributed by atoms with van der Waals surface area (Å²) in [6.07, 6.45) is 26.6. The maximum Gasteiger partial charge on any atom is 0.0340 e. The molecule has 25 heavy (non-hydrogen) atoms. The molecule has 0 aliphatic rings. The van der Waals surface area contributed by atoms with Crippen LogP contribution in [-0.4, -0.2) is 6.21 Å². The normalized spacial score (nSPS) is 14.2. The van der Waals surface area contributed by atoms with Gasteiger partial charge in [-0.25, -0.2) is 0 Å². The molecule has 0 saturated heterocycles. The maximum atomic E-state index is 4.31. The lowest BCUT2D eigenvalue weighted by Crippen LogP contribution is -1.82. The predicted molar refractivity (Wildman–Crippen MR) is 118 cm³/mol. The van der Waals surface area contributed by atoms with Crippen LogP contribution < -0.4 is 0 Å². The third-order valence-electron chi connectivity index (χ3n) is 2.99. The van der Waals surface area contributed by atoms with Crippen LogP contribution in [0.3, 0.4) is 0 Å². The molecule has 0 heterocycles. The summed E-state index contributed by atoms with van der Waals surface area (Å²) in [4.78, 5) is 4.31. The standard InChI is InChI=1S/C22H29N.C2H6/c1-6-10-11-12-13-18-23-19-21(14-7-2)16-17-22(15-8-3)20(5)9-4;1-2/h6-7,9-19H,1,8H2,2-5H3;1-2H3/b11-10-,13-12+,14-7-,17-16+,20-9-,21-19+,22-15-,23-18+;. The molecule has 0 aromatic heterocycles.